The molecule has 4 heterocycles. The third-order valence-electron chi connectivity index (χ3n) is 7.04. The molecule has 3 N–H and O–H groups in total. The first-order chi connectivity index (χ1) is 24.2. The number of nitrogens with two attached hydrogens (primary N) is 1. The Morgan fingerprint density at radius 1 is 0.860 bits per heavy atom. The number of aromatic nitrogens is 2. The van der Waals surface area contributed by atoms with Crippen LogP contribution in [0.4, 0.5) is 5.69 Å². The molecule has 0 saturated carbocycles. The molecular weight excluding hydrogens is 719 g/mol. The SMILES string of the molecule is N#CN=C(N)c1cc2c(Oc3ccc(Cl)cc3)cncc2s1.O=[N+]([O-])c1ccccc1C(O)c1cc2c(Oc3ccc(Cl)cc3)cncc2s1. The van der Waals surface area contributed by atoms with E-state index in [0.29, 0.717) is 42.8 Å². The Morgan fingerprint density at radius 2 is 1.40 bits per heavy atom. The topological polar surface area (TPSA) is 170 Å². The highest BCUT2D eigenvalue weighted by atomic mass is 35.5. The quantitative estimate of drug-likeness (QED) is 0.0506. The number of para-hydroxylation sites is 1. The first-order valence-electron chi connectivity index (χ1n) is 14.5. The summed E-state index contributed by atoms with van der Waals surface area (Å²) < 4.78 is 13.4. The first kappa shape index (κ1) is 34.3. The van der Waals surface area contributed by atoms with Gasteiger partial charge < -0.3 is 20.3 Å². The largest absolute Gasteiger partial charge is 0.455 e. The maximum absolute atomic E-state index is 11.3. The van der Waals surface area contributed by atoms with Crippen LogP contribution in [0, 0.1) is 21.6 Å². The number of thiophene rings is 2. The molecule has 0 aliphatic heterocycles. The fraction of sp³-hybridized carbons (Fsp3) is 0.0286. The van der Waals surface area contributed by atoms with Crippen LogP contribution in [0.5, 0.6) is 23.0 Å². The lowest BCUT2D eigenvalue weighted by Gasteiger charge is -2.09. The standard InChI is InChI=1S/C20H13ClN2O4S.C15H9ClN4OS/c21-12-5-7-13(8-6-12)27-17-10-22-11-19-15(17)9-18(28-19)20(24)14-3-1-2-4-16(14)23(25)26;16-9-1-3-10(4-2-9)21-12-6-19-7-14-11(12)5-13(22-14)15(18)20-8-17/h1-11,20,24H;1-7H,(H2,18,20). The predicted octanol–water partition coefficient (Wildman–Crippen LogP) is 9.66. The lowest BCUT2D eigenvalue weighted by molar-refractivity contribution is -0.386. The number of ether oxygens (including phenoxy) is 2. The maximum Gasteiger partial charge on any atom is 0.275 e. The Labute approximate surface area is 302 Å². The lowest BCUT2D eigenvalue weighted by atomic mass is 10.1. The summed E-state index contributed by atoms with van der Waals surface area (Å²) in [7, 11) is 0. The van der Waals surface area contributed by atoms with Crippen LogP contribution in [0.3, 0.4) is 0 Å². The normalized spacial score (nSPS) is 11.8. The van der Waals surface area contributed by atoms with Crippen molar-refractivity contribution in [3.63, 3.8) is 0 Å². The van der Waals surface area contributed by atoms with Crippen molar-refractivity contribution in [2.45, 2.75) is 6.10 Å². The van der Waals surface area contributed by atoms with Crippen LogP contribution in [-0.2, 0) is 0 Å². The number of aliphatic hydroxyl groups excluding tert-OH is 1. The first-order valence-corrected chi connectivity index (χ1v) is 16.8. The molecule has 3 aromatic carbocycles. The second-order valence-electron chi connectivity index (χ2n) is 10.3. The highest BCUT2D eigenvalue weighted by Crippen LogP contribution is 2.40. The summed E-state index contributed by atoms with van der Waals surface area (Å²) in [6.45, 7) is 0. The van der Waals surface area contributed by atoms with Gasteiger partial charge in [-0.15, -0.1) is 22.7 Å². The molecule has 0 amide bonds. The Morgan fingerprint density at radius 3 is 1.96 bits per heavy atom. The molecule has 1 unspecified atom stereocenters. The van der Waals surface area contributed by atoms with E-state index in [4.69, 9.17) is 43.7 Å². The molecule has 0 aliphatic rings. The molecule has 0 bridgehead atoms. The van der Waals surface area contributed by atoms with Gasteiger partial charge in [0.25, 0.3) is 5.69 Å². The van der Waals surface area contributed by atoms with Gasteiger partial charge in [0.05, 0.1) is 37.2 Å². The van der Waals surface area contributed by atoms with E-state index in [2.05, 4.69) is 15.0 Å². The number of pyridine rings is 2. The van der Waals surface area contributed by atoms with Gasteiger partial charge in [-0.3, -0.25) is 20.1 Å². The van der Waals surface area contributed by atoms with Gasteiger partial charge in [0, 0.05) is 44.2 Å². The third-order valence-corrected chi connectivity index (χ3v) is 9.76. The highest BCUT2D eigenvalue weighted by Gasteiger charge is 2.23. The molecular formula is C35H22Cl2N6O5S2. The number of hydrogen-bond donors (Lipinski definition) is 2. The van der Waals surface area contributed by atoms with Gasteiger partial charge in [-0.25, -0.2) is 0 Å². The van der Waals surface area contributed by atoms with Gasteiger partial charge in [0.15, 0.2) is 17.3 Å². The molecule has 0 fully saturated rings. The number of benzene rings is 3. The van der Waals surface area contributed by atoms with Crippen LogP contribution < -0.4 is 15.2 Å². The van der Waals surface area contributed by atoms with Crippen molar-refractivity contribution in [1.29, 1.82) is 5.26 Å². The van der Waals surface area contributed by atoms with E-state index in [1.807, 2.05) is 6.07 Å². The lowest BCUT2D eigenvalue weighted by Crippen LogP contribution is -2.10. The van der Waals surface area contributed by atoms with E-state index in [9.17, 15) is 15.2 Å². The fourth-order valence-electron chi connectivity index (χ4n) is 4.72. The highest BCUT2D eigenvalue weighted by molar-refractivity contribution is 7.21. The second kappa shape index (κ2) is 15.3. The van der Waals surface area contributed by atoms with Crippen molar-refractivity contribution < 1.29 is 19.5 Å². The van der Waals surface area contributed by atoms with Crippen LogP contribution in [0.2, 0.25) is 10.0 Å². The molecule has 0 aliphatic carbocycles. The smallest absolute Gasteiger partial charge is 0.275 e. The molecule has 4 aromatic heterocycles. The number of aliphatic hydroxyl groups is 1. The van der Waals surface area contributed by atoms with Gasteiger partial charge in [-0.1, -0.05) is 35.3 Å². The summed E-state index contributed by atoms with van der Waals surface area (Å²) >= 11 is 14.5. The van der Waals surface area contributed by atoms with Crippen molar-refractivity contribution >= 4 is 77.6 Å². The fourth-order valence-corrected chi connectivity index (χ4v) is 6.97. The number of nitro benzene ring substituents is 1. The third kappa shape index (κ3) is 7.81. The molecule has 1 atom stereocenters. The Hall–Kier alpha value is -5.62. The Balaban J connectivity index is 0.000000178. The van der Waals surface area contributed by atoms with E-state index in [0.717, 1.165) is 20.2 Å². The number of fused-ring (bicyclic) bond motifs is 2. The summed E-state index contributed by atoms with van der Waals surface area (Å²) in [5, 5.41) is 33.5. The molecule has 0 saturated heterocycles. The number of halogens is 2. The van der Waals surface area contributed by atoms with E-state index in [1.54, 1.807) is 104 Å². The minimum absolute atomic E-state index is 0.122. The summed E-state index contributed by atoms with van der Waals surface area (Å²) in [6, 6.07) is 23.8. The summed E-state index contributed by atoms with van der Waals surface area (Å²) in [5.74, 6) is 2.57. The molecule has 7 rings (SSSR count). The zero-order valence-electron chi connectivity index (χ0n) is 25.4. The van der Waals surface area contributed by atoms with Crippen LogP contribution in [0.1, 0.15) is 21.4 Å². The van der Waals surface area contributed by atoms with E-state index < -0.39 is 11.0 Å². The monoisotopic (exact) mass is 740 g/mol. The zero-order chi connectivity index (χ0) is 35.2. The molecule has 7 aromatic rings. The van der Waals surface area contributed by atoms with Crippen LogP contribution >= 0.6 is 45.9 Å². The number of aliphatic imine (C=N–C) groups is 1. The summed E-state index contributed by atoms with van der Waals surface area (Å²) in [6.07, 6.45) is 7.17. The minimum atomic E-state index is -1.12. The number of nitrogens with zero attached hydrogens (tertiary/aromatic N) is 5. The van der Waals surface area contributed by atoms with E-state index in [-0.39, 0.29) is 17.1 Å². The van der Waals surface area contributed by atoms with Crippen molar-refractivity contribution in [1.82, 2.24) is 9.97 Å². The van der Waals surface area contributed by atoms with Gasteiger partial charge in [-0.2, -0.15) is 10.3 Å². The van der Waals surface area contributed by atoms with Crippen molar-refractivity contribution in [2.75, 3.05) is 0 Å². The molecule has 0 spiro atoms. The summed E-state index contributed by atoms with van der Waals surface area (Å²) in [4.78, 5) is 23.9. The average molecular weight is 742 g/mol. The maximum atomic E-state index is 11.3. The molecule has 15 heteroatoms. The Bertz CT molecular complexity index is 2390. The van der Waals surface area contributed by atoms with Crippen LogP contribution in [0.25, 0.3) is 20.2 Å². The van der Waals surface area contributed by atoms with Gasteiger partial charge >= 0.3 is 0 Å². The number of amidine groups is 1. The number of rotatable bonds is 8. The van der Waals surface area contributed by atoms with Crippen LogP contribution in [0.15, 0.2) is 115 Å². The Kier molecular flexibility index (Phi) is 10.5. The van der Waals surface area contributed by atoms with Gasteiger partial charge in [0.2, 0.25) is 6.19 Å². The van der Waals surface area contributed by atoms with Crippen LogP contribution in [-0.4, -0.2) is 25.8 Å². The van der Waals surface area contributed by atoms with Gasteiger partial charge in [-0.05, 0) is 66.7 Å². The van der Waals surface area contributed by atoms with Crippen molar-refractivity contribution in [2.24, 2.45) is 10.7 Å². The van der Waals surface area contributed by atoms with E-state index in [1.165, 1.54) is 28.7 Å². The zero-order valence-corrected chi connectivity index (χ0v) is 28.6. The van der Waals surface area contributed by atoms with Crippen molar-refractivity contribution in [3.8, 4) is 29.2 Å². The number of nitro groups is 1. The van der Waals surface area contributed by atoms with Gasteiger partial charge in [0.1, 0.15) is 17.6 Å². The molecule has 11 nitrogen and oxygen atoms in total. The molecule has 248 valence electrons. The second-order valence-corrected chi connectivity index (χ2v) is 13.4. The van der Waals surface area contributed by atoms with E-state index >= 15 is 0 Å². The minimum Gasteiger partial charge on any atom is -0.455 e. The average Bonchev–Trinajstić information content (AvgIpc) is 3.77. The summed E-state index contributed by atoms with van der Waals surface area (Å²) in [5.41, 5.74) is 5.87. The molecule has 0 radical (unpaired) electrons. The predicted molar refractivity (Wildman–Crippen MR) is 196 cm³/mol. The molecule has 50 heavy (non-hydrogen) atoms. The van der Waals surface area contributed by atoms with Crippen molar-refractivity contribution in [3.05, 3.63) is 145 Å². The number of hydrogen-bond acceptors (Lipinski definition) is 11. The number of nitriles is 1.